The number of hydrogen-bond donors (Lipinski definition) is 3. The van der Waals surface area contributed by atoms with E-state index >= 15 is 0 Å². The normalized spacial score (nSPS) is 10.5. The maximum absolute atomic E-state index is 12.3. The summed E-state index contributed by atoms with van der Waals surface area (Å²) in [5.41, 5.74) is 1.14. The van der Waals surface area contributed by atoms with Crippen LogP contribution in [0.4, 0.5) is 0 Å². The first-order valence-corrected chi connectivity index (χ1v) is 9.50. The van der Waals surface area contributed by atoms with E-state index in [1.165, 1.54) is 6.07 Å². The number of phenols is 1. The minimum Gasteiger partial charge on any atom is -0.505 e. The molecule has 0 saturated carbocycles. The van der Waals surface area contributed by atoms with Crippen LogP contribution in [0.2, 0.25) is 15.1 Å². The summed E-state index contributed by atoms with van der Waals surface area (Å²) >= 11 is 17.7. The van der Waals surface area contributed by atoms with Crippen LogP contribution in [0.5, 0.6) is 5.75 Å². The lowest BCUT2D eigenvalue weighted by molar-refractivity contribution is 0.0941. The number of benzene rings is 2. The lowest BCUT2D eigenvalue weighted by Crippen LogP contribution is -2.25. The third kappa shape index (κ3) is 5.51. The second-order valence-corrected chi connectivity index (χ2v) is 7.06. The summed E-state index contributed by atoms with van der Waals surface area (Å²) in [4.78, 5) is 24.3. The maximum atomic E-state index is 12.3. The van der Waals surface area contributed by atoms with Gasteiger partial charge in [-0.1, -0.05) is 60.3 Å². The number of amides is 2. The quantitative estimate of drug-likeness (QED) is 0.436. The van der Waals surface area contributed by atoms with Crippen molar-refractivity contribution >= 4 is 46.6 Å². The van der Waals surface area contributed by atoms with E-state index in [9.17, 15) is 14.7 Å². The Bertz CT molecular complexity index is 813. The smallest absolute Gasteiger partial charge is 0.256 e. The molecule has 0 aromatic heterocycles. The highest BCUT2D eigenvalue weighted by atomic mass is 35.5. The summed E-state index contributed by atoms with van der Waals surface area (Å²) < 4.78 is 0. The van der Waals surface area contributed by atoms with Gasteiger partial charge in [-0.2, -0.15) is 0 Å². The predicted octanol–water partition coefficient (Wildman–Crippen LogP) is 4.81. The molecule has 0 spiro atoms. The van der Waals surface area contributed by atoms with E-state index in [1.54, 1.807) is 24.3 Å². The first kappa shape index (κ1) is 21.4. The SMILES string of the molecule is CCCCNC(=O)c1ccc(CNC(=O)c2c(O)c(Cl)cc(Cl)c2Cl)cc1. The Hall–Kier alpha value is -1.95. The van der Waals surface area contributed by atoms with Crippen molar-refractivity contribution in [1.29, 1.82) is 0 Å². The molecule has 8 heteroatoms. The number of carbonyl (C=O) groups is 2. The van der Waals surface area contributed by atoms with Crippen LogP contribution in [0.15, 0.2) is 30.3 Å². The van der Waals surface area contributed by atoms with Crippen LogP contribution < -0.4 is 10.6 Å². The molecule has 5 nitrogen and oxygen atoms in total. The molecule has 0 fully saturated rings. The van der Waals surface area contributed by atoms with Crippen LogP contribution in [-0.2, 0) is 6.54 Å². The number of hydrogen-bond acceptors (Lipinski definition) is 3. The van der Waals surface area contributed by atoms with Crippen molar-refractivity contribution < 1.29 is 14.7 Å². The summed E-state index contributed by atoms with van der Waals surface area (Å²) in [7, 11) is 0. The van der Waals surface area contributed by atoms with Crippen LogP contribution in [0, 0.1) is 0 Å². The molecule has 2 amide bonds. The van der Waals surface area contributed by atoms with Gasteiger partial charge < -0.3 is 15.7 Å². The first-order valence-electron chi connectivity index (χ1n) is 8.37. The molecule has 2 aromatic rings. The van der Waals surface area contributed by atoms with Crippen LogP contribution in [0.3, 0.4) is 0 Å². The van der Waals surface area contributed by atoms with Gasteiger partial charge in [-0.05, 0) is 30.2 Å². The Balaban J connectivity index is 2.01. The van der Waals surface area contributed by atoms with E-state index in [2.05, 4.69) is 17.6 Å². The second-order valence-electron chi connectivity index (χ2n) is 5.87. The molecule has 0 bridgehead atoms. The molecular weight excluding hydrogens is 411 g/mol. The molecule has 0 unspecified atom stereocenters. The molecular formula is C19H19Cl3N2O3. The number of halogens is 3. The molecule has 0 aliphatic carbocycles. The monoisotopic (exact) mass is 428 g/mol. The van der Waals surface area contributed by atoms with Crippen molar-refractivity contribution in [3.63, 3.8) is 0 Å². The van der Waals surface area contributed by atoms with Gasteiger partial charge >= 0.3 is 0 Å². The molecule has 2 rings (SSSR count). The number of carbonyl (C=O) groups excluding carboxylic acids is 2. The van der Waals surface area contributed by atoms with Gasteiger partial charge in [0.15, 0.2) is 0 Å². The zero-order valence-corrected chi connectivity index (χ0v) is 16.9. The highest BCUT2D eigenvalue weighted by Gasteiger charge is 2.21. The molecule has 144 valence electrons. The molecule has 0 heterocycles. The van der Waals surface area contributed by atoms with Gasteiger partial charge in [0.1, 0.15) is 11.3 Å². The van der Waals surface area contributed by atoms with Gasteiger partial charge in [0, 0.05) is 18.7 Å². The molecule has 0 atom stereocenters. The van der Waals surface area contributed by atoms with E-state index in [-0.39, 0.29) is 33.1 Å². The zero-order chi connectivity index (χ0) is 20.0. The molecule has 3 N–H and O–H groups in total. The number of aromatic hydroxyl groups is 1. The van der Waals surface area contributed by atoms with Gasteiger partial charge in [0.05, 0.1) is 15.1 Å². The minimum atomic E-state index is -0.608. The topological polar surface area (TPSA) is 78.4 Å². The fraction of sp³-hybridized carbons (Fsp3) is 0.263. The molecule has 2 aromatic carbocycles. The van der Waals surface area contributed by atoms with Gasteiger partial charge in [-0.25, -0.2) is 0 Å². The lowest BCUT2D eigenvalue weighted by Gasteiger charge is -2.11. The molecule has 27 heavy (non-hydrogen) atoms. The van der Waals surface area contributed by atoms with Crippen molar-refractivity contribution in [3.05, 3.63) is 62.1 Å². The van der Waals surface area contributed by atoms with E-state index in [4.69, 9.17) is 34.8 Å². The van der Waals surface area contributed by atoms with Gasteiger partial charge in [0.25, 0.3) is 11.8 Å². The second kappa shape index (κ2) is 9.83. The van der Waals surface area contributed by atoms with Gasteiger partial charge in [-0.3, -0.25) is 9.59 Å². The molecule has 0 radical (unpaired) electrons. The Labute approximate surface area is 172 Å². The number of rotatable bonds is 7. The Morgan fingerprint density at radius 1 is 1.00 bits per heavy atom. The van der Waals surface area contributed by atoms with Gasteiger partial charge in [-0.15, -0.1) is 0 Å². The Morgan fingerprint density at radius 2 is 1.67 bits per heavy atom. The fourth-order valence-corrected chi connectivity index (χ4v) is 3.01. The fourth-order valence-electron chi connectivity index (χ4n) is 2.32. The number of phenolic OH excluding ortho intramolecular Hbond substituents is 1. The third-order valence-electron chi connectivity index (χ3n) is 3.86. The van der Waals surface area contributed by atoms with Crippen molar-refractivity contribution in [2.75, 3.05) is 6.54 Å². The van der Waals surface area contributed by atoms with E-state index in [1.807, 2.05) is 0 Å². The van der Waals surface area contributed by atoms with Crippen LogP contribution in [0.1, 0.15) is 46.0 Å². The molecule has 0 aliphatic rings. The summed E-state index contributed by atoms with van der Waals surface area (Å²) in [6.07, 6.45) is 1.94. The Morgan fingerprint density at radius 3 is 2.30 bits per heavy atom. The standard InChI is InChI=1S/C19H19Cl3N2O3/c1-2-3-8-23-18(26)12-6-4-11(5-7-12)10-24-19(27)15-16(22)13(20)9-14(21)17(15)25/h4-7,9,25H,2-3,8,10H2,1H3,(H,23,26)(H,24,27). The summed E-state index contributed by atoms with van der Waals surface area (Å²) in [5.74, 6) is -1.17. The maximum Gasteiger partial charge on any atom is 0.256 e. The number of nitrogens with one attached hydrogen (secondary N) is 2. The average molecular weight is 430 g/mol. The molecule has 0 saturated heterocycles. The van der Waals surface area contributed by atoms with Crippen LogP contribution >= 0.6 is 34.8 Å². The molecule has 0 aliphatic heterocycles. The van der Waals surface area contributed by atoms with Crippen molar-refractivity contribution in [2.45, 2.75) is 26.3 Å². The lowest BCUT2D eigenvalue weighted by atomic mass is 10.1. The van der Waals surface area contributed by atoms with E-state index in [0.717, 1.165) is 18.4 Å². The van der Waals surface area contributed by atoms with E-state index in [0.29, 0.717) is 12.1 Å². The van der Waals surface area contributed by atoms with Crippen LogP contribution in [0.25, 0.3) is 0 Å². The van der Waals surface area contributed by atoms with Crippen LogP contribution in [-0.4, -0.2) is 23.5 Å². The minimum absolute atomic E-state index is 0.0620. The third-order valence-corrected chi connectivity index (χ3v) is 4.93. The average Bonchev–Trinajstić information content (AvgIpc) is 2.65. The number of unbranched alkanes of at least 4 members (excludes halogenated alkanes) is 1. The van der Waals surface area contributed by atoms with Crippen molar-refractivity contribution in [2.24, 2.45) is 0 Å². The van der Waals surface area contributed by atoms with Crippen molar-refractivity contribution in [1.82, 2.24) is 10.6 Å². The highest BCUT2D eigenvalue weighted by Crippen LogP contribution is 2.38. The summed E-state index contributed by atoms with van der Waals surface area (Å²) in [5, 5.41) is 15.4. The summed E-state index contributed by atoms with van der Waals surface area (Å²) in [6.45, 7) is 2.87. The van der Waals surface area contributed by atoms with E-state index < -0.39 is 11.7 Å². The predicted molar refractivity (Wildman–Crippen MR) is 108 cm³/mol. The highest BCUT2D eigenvalue weighted by molar-refractivity contribution is 6.45. The Kier molecular flexibility index (Phi) is 7.78. The first-order chi connectivity index (χ1) is 12.8. The largest absolute Gasteiger partial charge is 0.505 e. The van der Waals surface area contributed by atoms with Gasteiger partial charge in [0.2, 0.25) is 0 Å². The zero-order valence-electron chi connectivity index (χ0n) is 14.6. The van der Waals surface area contributed by atoms with Crippen molar-refractivity contribution in [3.8, 4) is 5.75 Å². The summed E-state index contributed by atoms with van der Waals surface area (Å²) in [6, 6.07) is 8.11.